The van der Waals surface area contributed by atoms with E-state index >= 15 is 0 Å². The Kier molecular flexibility index (Phi) is 5.29. The minimum atomic E-state index is -0.282. The van der Waals surface area contributed by atoms with Crippen molar-refractivity contribution in [1.29, 1.82) is 0 Å². The zero-order chi connectivity index (χ0) is 16.3. The fourth-order valence-electron chi connectivity index (χ4n) is 2.21. The average Bonchev–Trinajstić information content (AvgIpc) is 3.25. The van der Waals surface area contributed by atoms with Crippen LogP contribution in [0.1, 0.15) is 20.3 Å². The smallest absolute Gasteiger partial charge is 0.228 e. The van der Waals surface area contributed by atoms with Gasteiger partial charge in [0.25, 0.3) is 0 Å². The zero-order valence-electron chi connectivity index (χ0n) is 13.0. The van der Waals surface area contributed by atoms with Gasteiger partial charge in [0, 0.05) is 11.6 Å². The molecule has 2 N–H and O–H groups in total. The molecule has 1 aliphatic carbocycles. The van der Waals surface area contributed by atoms with Crippen LogP contribution in [0.25, 0.3) is 0 Å². The van der Waals surface area contributed by atoms with Gasteiger partial charge in [-0.2, -0.15) is 0 Å². The first-order valence-electron chi connectivity index (χ1n) is 7.34. The molecule has 2 unspecified atom stereocenters. The van der Waals surface area contributed by atoms with E-state index in [-0.39, 0.29) is 23.7 Å². The summed E-state index contributed by atoms with van der Waals surface area (Å²) >= 11 is 5.93. The van der Waals surface area contributed by atoms with E-state index in [2.05, 4.69) is 10.6 Å². The monoisotopic (exact) mass is 324 g/mol. The second-order valence-electron chi connectivity index (χ2n) is 5.92. The van der Waals surface area contributed by atoms with Crippen molar-refractivity contribution in [3.63, 3.8) is 0 Å². The van der Waals surface area contributed by atoms with Crippen LogP contribution in [-0.4, -0.2) is 25.5 Å². The van der Waals surface area contributed by atoms with Gasteiger partial charge in [0.1, 0.15) is 5.75 Å². The standard InChI is InChI=1S/C16H21ClN2O3/c1-9(2)8-18-15(20)11-7-12(11)16(21)19-13-6-10(17)4-5-14(13)22-3/h4-6,9,11-12H,7-8H2,1-3H3,(H,18,20)(H,19,21). The Morgan fingerprint density at radius 2 is 2.00 bits per heavy atom. The van der Waals surface area contributed by atoms with E-state index in [0.717, 1.165) is 0 Å². The number of carbonyl (C=O) groups is 2. The van der Waals surface area contributed by atoms with E-state index in [1.165, 1.54) is 7.11 Å². The second kappa shape index (κ2) is 7.01. The number of rotatable bonds is 6. The van der Waals surface area contributed by atoms with Crippen LogP contribution in [0.4, 0.5) is 5.69 Å². The summed E-state index contributed by atoms with van der Waals surface area (Å²) in [7, 11) is 1.53. The maximum Gasteiger partial charge on any atom is 0.228 e. The number of benzene rings is 1. The van der Waals surface area contributed by atoms with E-state index in [1.54, 1.807) is 18.2 Å². The molecule has 5 nitrogen and oxygen atoms in total. The fraction of sp³-hybridized carbons (Fsp3) is 0.500. The predicted octanol–water partition coefficient (Wildman–Crippen LogP) is 2.70. The molecule has 6 heteroatoms. The van der Waals surface area contributed by atoms with E-state index in [0.29, 0.717) is 35.3 Å². The highest BCUT2D eigenvalue weighted by atomic mass is 35.5. The van der Waals surface area contributed by atoms with Crippen molar-refractivity contribution in [1.82, 2.24) is 5.32 Å². The Bertz CT molecular complexity index is 575. The first-order valence-corrected chi connectivity index (χ1v) is 7.72. The average molecular weight is 325 g/mol. The van der Waals surface area contributed by atoms with Crippen LogP contribution in [0.3, 0.4) is 0 Å². The van der Waals surface area contributed by atoms with Gasteiger partial charge in [0.15, 0.2) is 0 Å². The van der Waals surface area contributed by atoms with Crippen LogP contribution in [0, 0.1) is 17.8 Å². The van der Waals surface area contributed by atoms with E-state index in [1.807, 2.05) is 13.8 Å². The Morgan fingerprint density at radius 1 is 1.32 bits per heavy atom. The lowest BCUT2D eigenvalue weighted by Crippen LogP contribution is -2.30. The molecule has 120 valence electrons. The quantitative estimate of drug-likeness (QED) is 0.845. The number of hydrogen-bond acceptors (Lipinski definition) is 3. The Morgan fingerprint density at radius 3 is 2.64 bits per heavy atom. The molecule has 1 aromatic carbocycles. The number of halogens is 1. The maximum atomic E-state index is 12.2. The van der Waals surface area contributed by atoms with Gasteiger partial charge in [-0.25, -0.2) is 0 Å². The molecule has 22 heavy (non-hydrogen) atoms. The van der Waals surface area contributed by atoms with Gasteiger partial charge in [-0.15, -0.1) is 0 Å². The van der Waals surface area contributed by atoms with Crippen LogP contribution in [-0.2, 0) is 9.59 Å². The van der Waals surface area contributed by atoms with Crippen LogP contribution in [0.15, 0.2) is 18.2 Å². The minimum absolute atomic E-state index is 0.0492. The number of ether oxygens (including phenoxy) is 1. The van der Waals surface area contributed by atoms with Crippen molar-refractivity contribution >= 4 is 29.1 Å². The number of nitrogens with one attached hydrogen (secondary N) is 2. The van der Waals surface area contributed by atoms with Crippen molar-refractivity contribution in [3.05, 3.63) is 23.2 Å². The van der Waals surface area contributed by atoms with Crippen LogP contribution >= 0.6 is 11.6 Å². The molecule has 0 heterocycles. The van der Waals surface area contributed by atoms with Crippen molar-refractivity contribution in [2.24, 2.45) is 17.8 Å². The Labute approximate surface area is 135 Å². The van der Waals surface area contributed by atoms with Crippen molar-refractivity contribution in [3.8, 4) is 5.75 Å². The van der Waals surface area contributed by atoms with Crippen LogP contribution in [0.2, 0.25) is 5.02 Å². The summed E-state index contributed by atoms with van der Waals surface area (Å²) in [6.45, 7) is 4.69. The van der Waals surface area contributed by atoms with Crippen LogP contribution in [0.5, 0.6) is 5.75 Å². The normalized spacial score (nSPS) is 19.7. The summed E-state index contributed by atoms with van der Waals surface area (Å²) in [6.07, 6.45) is 0.582. The molecule has 0 radical (unpaired) electrons. The molecular formula is C16H21ClN2O3. The summed E-state index contributed by atoms with van der Waals surface area (Å²) in [5.74, 6) is 0.196. The summed E-state index contributed by atoms with van der Waals surface area (Å²) in [5, 5.41) is 6.16. The van der Waals surface area contributed by atoms with Crippen molar-refractivity contribution in [2.75, 3.05) is 19.0 Å². The molecule has 2 amide bonds. The van der Waals surface area contributed by atoms with Gasteiger partial charge in [0.05, 0.1) is 24.6 Å². The highest BCUT2D eigenvalue weighted by Crippen LogP contribution is 2.40. The molecule has 1 saturated carbocycles. The molecule has 0 bridgehead atoms. The minimum Gasteiger partial charge on any atom is -0.495 e. The van der Waals surface area contributed by atoms with Gasteiger partial charge >= 0.3 is 0 Å². The summed E-state index contributed by atoms with van der Waals surface area (Å²) in [5.41, 5.74) is 0.522. The van der Waals surface area contributed by atoms with Gasteiger partial charge in [-0.3, -0.25) is 9.59 Å². The Hall–Kier alpha value is -1.75. The summed E-state index contributed by atoms with van der Waals surface area (Å²) < 4.78 is 5.19. The largest absolute Gasteiger partial charge is 0.495 e. The summed E-state index contributed by atoms with van der Waals surface area (Å²) in [6, 6.07) is 5.02. The van der Waals surface area contributed by atoms with Crippen molar-refractivity contribution in [2.45, 2.75) is 20.3 Å². The van der Waals surface area contributed by atoms with Gasteiger partial charge < -0.3 is 15.4 Å². The third-order valence-electron chi connectivity index (χ3n) is 3.57. The fourth-order valence-corrected chi connectivity index (χ4v) is 2.39. The number of methoxy groups -OCH3 is 1. The lowest BCUT2D eigenvalue weighted by molar-refractivity contribution is -0.125. The molecule has 0 aromatic heterocycles. The lowest BCUT2D eigenvalue weighted by Gasteiger charge is -2.11. The maximum absolute atomic E-state index is 12.2. The third-order valence-corrected chi connectivity index (χ3v) is 3.80. The molecule has 0 aliphatic heterocycles. The second-order valence-corrected chi connectivity index (χ2v) is 6.36. The highest BCUT2D eigenvalue weighted by Gasteiger charge is 2.48. The number of hydrogen-bond donors (Lipinski definition) is 2. The van der Waals surface area contributed by atoms with Crippen LogP contribution < -0.4 is 15.4 Å². The van der Waals surface area contributed by atoms with E-state index < -0.39 is 0 Å². The molecule has 0 saturated heterocycles. The Balaban J connectivity index is 1.92. The van der Waals surface area contributed by atoms with E-state index in [4.69, 9.17) is 16.3 Å². The SMILES string of the molecule is COc1ccc(Cl)cc1NC(=O)C1CC1C(=O)NCC(C)C. The highest BCUT2D eigenvalue weighted by molar-refractivity contribution is 6.31. The van der Waals surface area contributed by atoms with Gasteiger partial charge in [-0.05, 0) is 30.5 Å². The number of amides is 2. The van der Waals surface area contributed by atoms with Crippen molar-refractivity contribution < 1.29 is 14.3 Å². The lowest BCUT2D eigenvalue weighted by atomic mass is 10.2. The van der Waals surface area contributed by atoms with E-state index in [9.17, 15) is 9.59 Å². The molecule has 1 fully saturated rings. The third kappa shape index (κ3) is 4.13. The summed E-state index contributed by atoms with van der Waals surface area (Å²) in [4.78, 5) is 24.1. The van der Waals surface area contributed by atoms with Gasteiger partial charge in [0.2, 0.25) is 11.8 Å². The predicted molar refractivity (Wildman–Crippen MR) is 86.1 cm³/mol. The zero-order valence-corrected chi connectivity index (χ0v) is 13.7. The molecule has 1 aliphatic rings. The first-order chi connectivity index (χ1) is 10.4. The number of carbonyl (C=O) groups excluding carboxylic acids is 2. The first kappa shape index (κ1) is 16.6. The molecule has 2 atom stereocenters. The molecule has 1 aromatic rings. The van der Waals surface area contributed by atoms with Gasteiger partial charge in [-0.1, -0.05) is 25.4 Å². The molecule has 2 rings (SSSR count). The number of anilines is 1. The topological polar surface area (TPSA) is 67.4 Å². The molecular weight excluding hydrogens is 304 g/mol. The molecule has 0 spiro atoms.